The van der Waals surface area contributed by atoms with Crippen LogP contribution in [-0.4, -0.2) is 35.4 Å². The van der Waals surface area contributed by atoms with E-state index in [-0.39, 0.29) is 29.7 Å². The summed E-state index contributed by atoms with van der Waals surface area (Å²) in [7, 11) is 0. The summed E-state index contributed by atoms with van der Waals surface area (Å²) in [6.07, 6.45) is -2.39. The van der Waals surface area contributed by atoms with Gasteiger partial charge in [0, 0.05) is 32.3 Å². The van der Waals surface area contributed by atoms with Gasteiger partial charge in [-0.15, -0.1) is 0 Å². The van der Waals surface area contributed by atoms with Crippen LogP contribution in [0.3, 0.4) is 0 Å². The lowest BCUT2D eigenvalue weighted by atomic mass is 9.92. The molecule has 0 saturated carbocycles. The molecule has 2 heterocycles. The third kappa shape index (κ3) is 5.00. The van der Waals surface area contributed by atoms with E-state index in [1.54, 1.807) is 0 Å². The molecule has 1 aliphatic rings. The molecule has 0 aromatic carbocycles. The number of hydrogen-bond donors (Lipinski definition) is 1. The lowest BCUT2D eigenvalue weighted by Gasteiger charge is -2.35. The molecular weight excluding hydrogens is 343 g/mol. The Hall–Kier alpha value is -1.50. The van der Waals surface area contributed by atoms with Crippen LogP contribution in [0.1, 0.15) is 32.3 Å². The van der Waals surface area contributed by atoms with Crippen LogP contribution in [0.25, 0.3) is 0 Å². The number of pyridine rings is 1. The van der Waals surface area contributed by atoms with E-state index in [1.807, 2.05) is 4.90 Å². The molecule has 4 nitrogen and oxygen atoms in total. The van der Waals surface area contributed by atoms with E-state index in [4.69, 9.17) is 11.6 Å². The first-order valence-electron chi connectivity index (χ1n) is 7.91. The maximum Gasteiger partial charge on any atom is 0.417 e. The van der Waals surface area contributed by atoms with Gasteiger partial charge in [-0.25, -0.2) is 4.98 Å². The molecule has 1 amide bonds. The molecule has 1 aromatic heterocycles. The van der Waals surface area contributed by atoms with Gasteiger partial charge in [0.1, 0.15) is 5.82 Å². The smallest absolute Gasteiger partial charge is 0.368 e. The minimum Gasteiger partial charge on any atom is -0.368 e. The van der Waals surface area contributed by atoms with Crippen molar-refractivity contribution in [1.29, 1.82) is 0 Å². The van der Waals surface area contributed by atoms with Crippen LogP contribution >= 0.6 is 11.6 Å². The van der Waals surface area contributed by atoms with Crippen molar-refractivity contribution in [1.82, 2.24) is 9.88 Å². The van der Waals surface area contributed by atoms with Crippen molar-refractivity contribution in [2.45, 2.75) is 32.9 Å². The number of alkyl halides is 3. The van der Waals surface area contributed by atoms with Gasteiger partial charge < -0.3 is 10.2 Å². The molecule has 1 saturated heterocycles. The molecule has 1 aromatic rings. The molecule has 1 aliphatic heterocycles. The van der Waals surface area contributed by atoms with Crippen molar-refractivity contribution in [2.75, 3.05) is 25.0 Å². The van der Waals surface area contributed by atoms with E-state index in [0.717, 1.165) is 31.8 Å². The normalized spacial score (nSPS) is 21.7. The zero-order valence-electron chi connectivity index (χ0n) is 13.7. The van der Waals surface area contributed by atoms with Crippen LogP contribution in [0.4, 0.5) is 19.0 Å². The lowest BCUT2D eigenvalue weighted by Crippen LogP contribution is -2.43. The molecule has 134 valence electrons. The van der Waals surface area contributed by atoms with Crippen LogP contribution in [0.5, 0.6) is 0 Å². The first-order valence-corrected chi connectivity index (χ1v) is 8.29. The summed E-state index contributed by atoms with van der Waals surface area (Å²) in [6.45, 7) is 6.03. The van der Waals surface area contributed by atoms with E-state index >= 15 is 0 Å². The topological polar surface area (TPSA) is 45.2 Å². The van der Waals surface area contributed by atoms with Crippen molar-refractivity contribution >= 4 is 23.3 Å². The van der Waals surface area contributed by atoms with E-state index in [0.29, 0.717) is 11.8 Å². The van der Waals surface area contributed by atoms with Gasteiger partial charge in [-0.2, -0.15) is 13.2 Å². The fourth-order valence-corrected chi connectivity index (χ4v) is 3.27. The third-order valence-electron chi connectivity index (χ3n) is 4.02. The fraction of sp³-hybridized carbons (Fsp3) is 0.625. The zero-order chi connectivity index (χ0) is 17.9. The number of carbonyl (C=O) groups excluding carboxylic acids is 1. The van der Waals surface area contributed by atoms with Crippen molar-refractivity contribution in [2.24, 2.45) is 11.8 Å². The number of carbonyl (C=O) groups is 1. The summed E-state index contributed by atoms with van der Waals surface area (Å²) in [5, 5.41) is 2.71. The quantitative estimate of drug-likeness (QED) is 0.877. The number of halogens is 4. The maximum absolute atomic E-state index is 12.6. The SMILES string of the molecule is C[C@@H]1C[C@H](C)CN(C(=O)CCNc2ncc(C(F)(F)F)cc2Cl)C1. The molecule has 0 aliphatic carbocycles. The number of hydrogen-bond acceptors (Lipinski definition) is 3. The number of amides is 1. The van der Waals surface area contributed by atoms with Crippen LogP contribution in [0.2, 0.25) is 5.02 Å². The second-order valence-electron chi connectivity index (χ2n) is 6.47. The maximum atomic E-state index is 12.6. The molecule has 0 radical (unpaired) electrons. The second-order valence-corrected chi connectivity index (χ2v) is 6.88. The molecule has 1 N–H and O–H groups in total. The Balaban J connectivity index is 1.87. The van der Waals surface area contributed by atoms with Crippen molar-refractivity contribution in [3.63, 3.8) is 0 Å². The molecule has 2 rings (SSSR count). The molecule has 24 heavy (non-hydrogen) atoms. The summed E-state index contributed by atoms with van der Waals surface area (Å²) >= 11 is 5.82. The van der Waals surface area contributed by atoms with E-state index in [2.05, 4.69) is 24.1 Å². The highest BCUT2D eigenvalue weighted by Crippen LogP contribution is 2.32. The highest BCUT2D eigenvalue weighted by atomic mass is 35.5. The summed E-state index contributed by atoms with van der Waals surface area (Å²) in [5.41, 5.74) is -0.898. The molecule has 0 unspecified atom stereocenters. The summed E-state index contributed by atoms with van der Waals surface area (Å²) in [5.74, 6) is 1.15. The van der Waals surface area contributed by atoms with E-state index in [1.165, 1.54) is 0 Å². The minimum absolute atomic E-state index is 0.0314. The van der Waals surface area contributed by atoms with E-state index < -0.39 is 11.7 Å². The van der Waals surface area contributed by atoms with Gasteiger partial charge in [-0.05, 0) is 24.3 Å². The average molecular weight is 364 g/mol. The minimum atomic E-state index is -4.48. The van der Waals surface area contributed by atoms with Gasteiger partial charge in [0.05, 0.1) is 10.6 Å². The second kappa shape index (κ2) is 7.59. The van der Waals surface area contributed by atoms with Crippen LogP contribution in [0.15, 0.2) is 12.3 Å². The average Bonchev–Trinajstić information content (AvgIpc) is 2.46. The first kappa shape index (κ1) is 18.8. The van der Waals surface area contributed by atoms with Crippen molar-refractivity contribution < 1.29 is 18.0 Å². The zero-order valence-corrected chi connectivity index (χ0v) is 14.4. The van der Waals surface area contributed by atoms with Crippen molar-refractivity contribution in [3.05, 3.63) is 22.8 Å². The van der Waals surface area contributed by atoms with Crippen LogP contribution in [0, 0.1) is 11.8 Å². The van der Waals surface area contributed by atoms with Crippen LogP contribution < -0.4 is 5.32 Å². The number of nitrogens with zero attached hydrogens (tertiary/aromatic N) is 2. The number of anilines is 1. The molecular formula is C16H21ClF3N3O. The summed E-state index contributed by atoms with van der Waals surface area (Å²) < 4.78 is 37.7. The Bertz CT molecular complexity index is 584. The Labute approximate surface area is 144 Å². The Morgan fingerprint density at radius 3 is 2.54 bits per heavy atom. The number of nitrogens with one attached hydrogen (secondary N) is 1. The van der Waals surface area contributed by atoms with Gasteiger partial charge in [-0.1, -0.05) is 25.4 Å². The largest absolute Gasteiger partial charge is 0.417 e. The molecule has 0 spiro atoms. The Morgan fingerprint density at radius 1 is 1.38 bits per heavy atom. The van der Waals surface area contributed by atoms with E-state index in [9.17, 15) is 18.0 Å². The first-order chi connectivity index (χ1) is 11.2. The number of piperidine rings is 1. The summed E-state index contributed by atoms with van der Waals surface area (Å²) in [4.78, 5) is 17.8. The predicted octanol–water partition coefficient (Wildman–Crippen LogP) is 4.06. The number of rotatable bonds is 4. The van der Waals surface area contributed by atoms with Gasteiger partial charge in [0.2, 0.25) is 5.91 Å². The molecule has 1 fully saturated rings. The summed E-state index contributed by atoms with van der Waals surface area (Å²) in [6, 6.07) is 0.826. The Kier molecular flexibility index (Phi) is 5.96. The predicted molar refractivity (Wildman–Crippen MR) is 86.9 cm³/mol. The number of aromatic nitrogens is 1. The highest BCUT2D eigenvalue weighted by molar-refractivity contribution is 6.32. The molecule has 2 atom stereocenters. The van der Waals surface area contributed by atoms with Crippen LogP contribution in [-0.2, 0) is 11.0 Å². The monoisotopic (exact) mass is 363 g/mol. The molecule has 0 bridgehead atoms. The Morgan fingerprint density at radius 2 is 2.00 bits per heavy atom. The lowest BCUT2D eigenvalue weighted by molar-refractivity contribution is -0.137. The standard InChI is InChI=1S/C16H21ClF3N3O/c1-10-5-11(2)9-23(8-10)14(24)3-4-21-15-13(17)6-12(7-22-15)16(18,19)20/h6-7,10-11H,3-5,8-9H2,1-2H3,(H,21,22)/t10-,11+. The van der Waals surface area contributed by atoms with Gasteiger partial charge in [0.25, 0.3) is 0 Å². The van der Waals surface area contributed by atoms with Gasteiger partial charge >= 0.3 is 6.18 Å². The van der Waals surface area contributed by atoms with Gasteiger partial charge in [-0.3, -0.25) is 4.79 Å². The van der Waals surface area contributed by atoms with Crippen molar-refractivity contribution in [3.8, 4) is 0 Å². The highest BCUT2D eigenvalue weighted by Gasteiger charge is 2.31. The molecule has 8 heteroatoms. The van der Waals surface area contributed by atoms with Gasteiger partial charge in [0.15, 0.2) is 0 Å². The fourth-order valence-electron chi connectivity index (χ4n) is 3.04. The third-order valence-corrected chi connectivity index (χ3v) is 4.31. The number of likely N-dealkylation sites (tertiary alicyclic amines) is 1.